The molecule has 0 aliphatic carbocycles. The summed E-state index contributed by atoms with van der Waals surface area (Å²) in [7, 11) is 0. The van der Waals surface area contributed by atoms with Crippen LogP contribution in [-0.4, -0.2) is 25.0 Å². The molecule has 5 heteroatoms. The largest absolute Gasteiger partial charge is 0.465 e. The number of rotatable bonds is 4. The van der Waals surface area contributed by atoms with Crippen LogP contribution in [0.3, 0.4) is 0 Å². The van der Waals surface area contributed by atoms with E-state index in [-0.39, 0.29) is 12.5 Å². The first-order valence-corrected chi connectivity index (χ1v) is 5.76. The molecule has 0 saturated carbocycles. The zero-order chi connectivity index (χ0) is 13.7. The molecule has 0 bridgehead atoms. The summed E-state index contributed by atoms with van der Waals surface area (Å²) < 4.78 is 4.72. The van der Waals surface area contributed by atoms with Crippen LogP contribution in [-0.2, 0) is 9.53 Å². The van der Waals surface area contributed by atoms with Gasteiger partial charge in [-0.25, -0.2) is 0 Å². The summed E-state index contributed by atoms with van der Waals surface area (Å²) >= 11 is 0. The summed E-state index contributed by atoms with van der Waals surface area (Å²) in [5, 5.41) is 2.50. The number of esters is 1. The van der Waals surface area contributed by atoms with E-state index in [4.69, 9.17) is 10.5 Å². The highest BCUT2D eigenvalue weighted by Crippen LogP contribution is 2.17. The number of ether oxygens (including phenoxy) is 1. The first-order valence-electron chi connectivity index (χ1n) is 5.76. The zero-order valence-electron chi connectivity index (χ0n) is 10.9. The number of nitrogens with one attached hydrogen (secondary N) is 1. The Balaban J connectivity index is 2.73. The molecule has 1 amide bonds. The van der Waals surface area contributed by atoms with Gasteiger partial charge in [0, 0.05) is 11.3 Å². The van der Waals surface area contributed by atoms with Crippen molar-refractivity contribution in [2.45, 2.75) is 20.8 Å². The van der Waals surface area contributed by atoms with Gasteiger partial charge in [0.05, 0.1) is 6.61 Å². The van der Waals surface area contributed by atoms with E-state index >= 15 is 0 Å². The lowest BCUT2D eigenvalue weighted by molar-refractivity contribution is -0.141. The van der Waals surface area contributed by atoms with Gasteiger partial charge in [-0.2, -0.15) is 0 Å². The number of hydrogen-bond donors (Lipinski definition) is 2. The van der Waals surface area contributed by atoms with E-state index in [2.05, 4.69) is 5.32 Å². The second-order valence-corrected chi connectivity index (χ2v) is 4.01. The normalized spacial score (nSPS) is 9.94. The van der Waals surface area contributed by atoms with E-state index in [0.717, 1.165) is 11.1 Å². The summed E-state index contributed by atoms with van der Waals surface area (Å²) in [4.78, 5) is 23.0. The molecular weight excluding hydrogens is 232 g/mol. The van der Waals surface area contributed by atoms with Crippen molar-refractivity contribution in [2.75, 3.05) is 18.9 Å². The number of carbonyl (C=O) groups excluding carboxylic acids is 2. The van der Waals surface area contributed by atoms with Crippen molar-refractivity contribution in [3.63, 3.8) is 0 Å². The smallest absolute Gasteiger partial charge is 0.325 e. The van der Waals surface area contributed by atoms with Gasteiger partial charge in [-0.15, -0.1) is 0 Å². The standard InChI is InChI=1S/C13H18N2O3/c1-4-18-12(16)7-15-13(17)10-6-11(14)9(3)5-8(10)2/h5-6H,4,7,14H2,1-3H3,(H,15,17). The maximum atomic E-state index is 11.9. The molecule has 0 fully saturated rings. The molecule has 0 aliphatic heterocycles. The van der Waals surface area contributed by atoms with E-state index < -0.39 is 5.97 Å². The lowest BCUT2D eigenvalue weighted by Gasteiger charge is -2.10. The first kappa shape index (κ1) is 14.0. The molecule has 1 aromatic carbocycles. The van der Waals surface area contributed by atoms with Gasteiger partial charge in [-0.05, 0) is 38.0 Å². The van der Waals surface area contributed by atoms with Crippen molar-refractivity contribution < 1.29 is 14.3 Å². The number of nitrogen functional groups attached to an aromatic ring is 1. The molecule has 3 N–H and O–H groups in total. The van der Waals surface area contributed by atoms with Crippen molar-refractivity contribution >= 4 is 17.6 Å². The number of aryl methyl sites for hydroxylation is 2. The van der Waals surface area contributed by atoms with E-state index in [1.54, 1.807) is 13.0 Å². The number of hydrogen-bond acceptors (Lipinski definition) is 4. The fraction of sp³-hybridized carbons (Fsp3) is 0.385. The number of anilines is 1. The fourth-order valence-electron chi connectivity index (χ4n) is 1.57. The highest BCUT2D eigenvalue weighted by Gasteiger charge is 2.12. The van der Waals surface area contributed by atoms with Crippen molar-refractivity contribution in [1.29, 1.82) is 0 Å². The third kappa shape index (κ3) is 3.48. The molecule has 0 saturated heterocycles. The Labute approximate surface area is 106 Å². The molecule has 1 rings (SSSR count). The Bertz CT molecular complexity index is 470. The van der Waals surface area contributed by atoms with E-state index in [1.807, 2.05) is 19.9 Å². The molecule has 0 aromatic heterocycles. The SMILES string of the molecule is CCOC(=O)CNC(=O)c1cc(N)c(C)cc1C. The van der Waals surface area contributed by atoms with Crippen LogP contribution in [0.25, 0.3) is 0 Å². The monoisotopic (exact) mass is 250 g/mol. The fourth-order valence-corrected chi connectivity index (χ4v) is 1.57. The molecule has 98 valence electrons. The summed E-state index contributed by atoms with van der Waals surface area (Å²) in [6, 6.07) is 3.46. The maximum absolute atomic E-state index is 11.9. The molecule has 0 heterocycles. The van der Waals surface area contributed by atoms with Crippen LogP contribution in [0.4, 0.5) is 5.69 Å². The third-order valence-electron chi connectivity index (χ3n) is 2.56. The van der Waals surface area contributed by atoms with Gasteiger partial charge in [0.1, 0.15) is 6.54 Å². The van der Waals surface area contributed by atoms with Gasteiger partial charge in [-0.3, -0.25) is 9.59 Å². The highest BCUT2D eigenvalue weighted by atomic mass is 16.5. The molecule has 0 aliphatic rings. The molecule has 0 atom stereocenters. The van der Waals surface area contributed by atoms with Crippen molar-refractivity contribution in [2.24, 2.45) is 0 Å². The number of carbonyl (C=O) groups is 2. The summed E-state index contributed by atoms with van der Waals surface area (Å²) in [5.41, 5.74) is 8.54. The second-order valence-electron chi connectivity index (χ2n) is 4.01. The lowest BCUT2D eigenvalue weighted by atomic mass is 10.0. The van der Waals surface area contributed by atoms with Gasteiger partial charge < -0.3 is 15.8 Å². The van der Waals surface area contributed by atoms with Gasteiger partial charge in [0.15, 0.2) is 0 Å². The minimum absolute atomic E-state index is 0.139. The molecular formula is C13H18N2O3. The zero-order valence-corrected chi connectivity index (χ0v) is 10.9. The van der Waals surface area contributed by atoms with Crippen LogP contribution in [0.2, 0.25) is 0 Å². The van der Waals surface area contributed by atoms with Crippen LogP contribution in [0.1, 0.15) is 28.4 Å². The number of benzene rings is 1. The van der Waals surface area contributed by atoms with E-state index in [1.165, 1.54) is 0 Å². The predicted octanol–water partition coefficient (Wildman–Crippen LogP) is 1.18. The molecule has 0 spiro atoms. The topological polar surface area (TPSA) is 81.4 Å². The quantitative estimate of drug-likeness (QED) is 0.621. The lowest BCUT2D eigenvalue weighted by Crippen LogP contribution is -2.31. The van der Waals surface area contributed by atoms with Crippen molar-refractivity contribution in [3.8, 4) is 0 Å². The molecule has 5 nitrogen and oxygen atoms in total. The van der Waals surface area contributed by atoms with Gasteiger partial charge in [-0.1, -0.05) is 6.07 Å². The van der Waals surface area contributed by atoms with Gasteiger partial charge >= 0.3 is 5.97 Å². The minimum atomic E-state index is -0.455. The van der Waals surface area contributed by atoms with Crippen LogP contribution in [0.15, 0.2) is 12.1 Å². The molecule has 0 unspecified atom stereocenters. The average molecular weight is 250 g/mol. The molecule has 0 radical (unpaired) electrons. The molecule has 1 aromatic rings. The summed E-state index contributed by atoms with van der Waals surface area (Å²) in [6.07, 6.45) is 0. The van der Waals surface area contributed by atoms with Crippen molar-refractivity contribution in [1.82, 2.24) is 5.32 Å². The Morgan fingerprint density at radius 2 is 1.94 bits per heavy atom. The third-order valence-corrected chi connectivity index (χ3v) is 2.56. The van der Waals surface area contributed by atoms with Gasteiger partial charge in [0.2, 0.25) is 0 Å². The van der Waals surface area contributed by atoms with Crippen LogP contribution < -0.4 is 11.1 Å². The molecule has 18 heavy (non-hydrogen) atoms. The van der Waals surface area contributed by atoms with Crippen LogP contribution in [0.5, 0.6) is 0 Å². The first-order chi connectivity index (χ1) is 8.45. The Kier molecular flexibility index (Phi) is 4.71. The second kappa shape index (κ2) is 6.05. The summed E-state index contributed by atoms with van der Waals surface area (Å²) in [6.45, 7) is 5.57. The highest BCUT2D eigenvalue weighted by molar-refractivity contribution is 5.98. The van der Waals surface area contributed by atoms with Crippen molar-refractivity contribution in [3.05, 3.63) is 28.8 Å². The number of amides is 1. The van der Waals surface area contributed by atoms with Crippen LogP contribution in [0, 0.1) is 13.8 Å². The van der Waals surface area contributed by atoms with E-state index in [0.29, 0.717) is 17.9 Å². The Hall–Kier alpha value is -2.04. The minimum Gasteiger partial charge on any atom is -0.465 e. The maximum Gasteiger partial charge on any atom is 0.325 e. The number of nitrogens with two attached hydrogens (primary N) is 1. The average Bonchev–Trinajstić information content (AvgIpc) is 2.31. The van der Waals surface area contributed by atoms with E-state index in [9.17, 15) is 9.59 Å². The summed E-state index contributed by atoms with van der Waals surface area (Å²) in [5.74, 6) is -0.782. The predicted molar refractivity (Wildman–Crippen MR) is 69.3 cm³/mol. The Morgan fingerprint density at radius 3 is 2.56 bits per heavy atom. The van der Waals surface area contributed by atoms with Crippen LogP contribution >= 0.6 is 0 Å². The van der Waals surface area contributed by atoms with Gasteiger partial charge in [0.25, 0.3) is 5.91 Å². The Morgan fingerprint density at radius 1 is 1.28 bits per heavy atom.